The Morgan fingerprint density at radius 1 is 1.38 bits per heavy atom. The van der Waals surface area contributed by atoms with Crippen LogP contribution in [0.4, 0.5) is 19.0 Å². The lowest BCUT2D eigenvalue weighted by molar-refractivity contribution is -0.142. The van der Waals surface area contributed by atoms with E-state index in [1.807, 2.05) is 0 Å². The van der Waals surface area contributed by atoms with Crippen molar-refractivity contribution in [1.29, 1.82) is 0 Å². The number of alkyl halides is 3. The molecule has 0 aliphatic carbocycles. The van der Waals surface area contributed by atoms with E-state index in [4.69, 9.17) is 0 Å². The fraction of sp³-hybridized carbons (Fsp3) is 0.333. The number of hydrogen-bond donors (Lipinski definition) is 2. The number of nitrogens with zero attached hydrogens (tertiary/aromatic N) is 3. The molecule has 0 fully saturated rings. The second-order valence-corrected chi connectivity index (χ2v) is 7.69. The number of hydrogen-bond acceptors (Lipinski definition) is 6. The number of rotatable bonds is 6. The van der Waals surface area contributed by atoms with Crippen molar-refractivity contribution in [1.82, 2.24) is 14.8 Å². The van der Waals surface area contributed by atoms with Crippen molar-refractivity contribution in [3.8, 4) is 5.82 Å². The van der Waals surface area contributed by atoms with Crippen LogP contribution >= 0.6 is 0 Å². The predicted molar refractivity (Wildman–Crippen MR) is 88.7 cm³/mol. The first-order chi connectivity index (χ1) is 11.9. The zero-order chi connectivity index (χ0) is 19.7. The molecular weight excluding hydrogens is 373 g/mol. The van der Waals surface area contributed by atoms with Gasteiger partial charge < -0.3 is 10.4 Å². The normalized spacial score (nSPS) is 12.2. The van der Waals surface area contributed by atoms with Gasteiger partial charge in [-0.3, -0.25) is 0 Å². The van der Waals surface area contributed by atoms with Crippen LogP contribution in [0.15, 0.2) is 35.4 Å². The van der Waals surface area contributed by atoms with Gasteiger partial charge in [0.2, 0.25) is 0 Å². The quantitative estimate of drug-likeness (QED) is 0.734. The summed E-state index contributed by atoms with van der Waals surface area (Å²) in [4.78, 5) is 3.80. The van der Waals surface area contributed by atoms with Gasteiger partial charge in [-0.1, -0.05) is 12.2 Å². The van der Waals surface area contributed by atoms with Crippen LogP contribution in [0.1, 0.15) is 18.2 Å². The number of halogens is 3. The first-order valence-electron chi connectivity index (χ1n) is 7.30. The minimum Gasteiger partial charge on any atom is -0.391 e. The molecule has 26 heavy (non-hydrogen) atoms. The molecular formula is C15H17F3N4O3S. The molecule has 11 heteroatoms. The second-order valence-electron chi connectivity index (χ2n) is 5.68. The topological polar surface area (TPSA) is 97.1 Å². The Labute approximate surface area is 148 Å². The van der Waals surface area contributed by atoms with Crippen LogP contribution in [-0.4, -0.2) is 41.1 Å². The number of sulfone groups is 1. The molecule has 0 aliphatic rings. The molecule has 0 saturated heterocycles. The Kier molecular flexibility index (Phi) is 5.42. The monoisotopic (exact) mass is 390 g/mol. The molecule has 0 bridgehead atoms. The van der Waals surface area contributed by atoms with Crippen molar-refractivity contribution >= 4 is 15.7 Å². The Hall–Kier alpha value is -2.40. The summed E-state index contributed by atoms with van der Waals surface area (Å²) in [5.74, 6) is -0.130. The first kappa shape index (κ1) is 19.9. The highest BCUT2D eigenvalue weighted by molar-refractivity contribution is 7.90. The van der Waals surface area contributed by atoms with E-state index in [1.54, 1.807) is 6.92 Å². The van der Waals surface area contributed by atoms with Gasteiger partial charge in [0, 0.05) is 19.0 Å². The highest BCUT2D eigenvalue weighted by atomic mass is 32.2. The van der Waals surface area contributed by atoms with Gasteiger partial charge in [0.1, 0.15) is 5.82 Å². The van der Waals surface area contributed by atoms with Gasteiger partial charge in [0.15, 0.2) is 21.3 Å². The number of aliphatic hydroxyl groups is 1. The molecule has 2 aromatic heterocycles. The van der Waals surface area contributed by atoms with E-state index in [-0.39, 0.29) is 23.1 Å². The fourth-order valence-electron chi connectivity index (χ4n) is 2.13. The summed E-state index contributed by atoms with van der Waals surface area (Å²) in [6.07, 6.45) is -2.76. The summed E-state index contributed by atoms with van der Waals surface area (Å²) in [5.41, 5.74) is -1.04. The summed E-state index contributed by atoms with van der Waals surface area (Å²) in [5, 5.41) is 15.7. The molecule has 0 amide bonds. The zero-order valence-corrected chi connectivity index (χ0v) is 14.8. The number of nitrogens with one attached hydrogen (secondary N) is 1. The smallest absolute Gasteiger partial charge is 0.391 e. The molecule has 0 unspecified atom stereocenters. The summed E-state index contributed by atoms with van der Waals surface area (Å²) in [6.45, 7) is 4.60. The Balaban J connectivity index is 2.62. The van der Waals surface area contributed by atoms with Crippen LogP contribution in [0, 0.1) is 0 Å². The minimum absolute atomic E-state index is 0.0354. The lowest BCUT2D eigenvalue weighted by Crippen LogP contribution is -2.11. The van der Waals surface area contributed by atoms with Gasteiger partial charge in [-0.05, 0) is 19.1 Å². The standard InChI is InChI=1S/C15H17F3N4O3S/c1-9(2)6-20-14-11(8-23)13(15(16,17)18)21-22(14)12-5-4-10(7-19-12)26(3,24)25/h4-5,7,20,23H,1,6,8H2,2-3H3. The van der Waals surface area contributed by atoms with Gasteiger partial charge in [-0.2, -0.15) is 23.0 Å². The van der Waals surface area contributed by atoms with Gasteiger partial charge in [-0.25, -0.2) is 13.4 Å². The van der Waals surface area contributed by atoms with Crippen molar-refractivity contribution in [3.05, 3.63) is 41.7 Å². The molecule has 7 nitrogen and oxygen atoms in total. The molecule has 0 aliphatic heterocycles. The van der Waals surface area contributed by atoms with Crippen molar-refractivity contribution in [2.24, 2.45) is 0 Å². The molecule has 2 heterocycles. The molecule has 0 atom stereocenters. The number of pyridine rings is 1. The first-order valence-corrected chi connectivity index (χ1v) is 9.19. The highest BCUT2D eigenvalue weighted by Crippen LogP contribution is 2.35. The third-order valence-corrected chi connectivity index (χ3v) is 4.43. The molecule has 2 N–H and O–H groups in total. The lowest BCUT2D eigenvalue weighted by atomic mass is 10.2. The second kappa shape index (κ2) is 7.08. The van der Waals surface area contributed by atoms with E-state index in [0.717, 1.165) is 17.1 Å². The summed E-state index contributed by atoms with van der Waals surface area (Å²) in [6, 6.07) is 2.45. The van der Waals surface area contributed by atoms with Crippen LogP contribution in [-0.2, 0) is 22.6 Å². The molecule has 2 aromatic rings. The van der Waals surface area contributed by atoms with Gasteiger partial charge in [0.25, 0.3) is 0 Å². The van der Waals surface area contributed by atoms with Crippen LogP contribution < -0.4 is 5.32 Å². The molecule has 2 rings (SSSR count). The van der Waals surface area contributed by atoms with Crippen LogP contribution in [0.2, 0.25) is 0 Å². The fourth-order valence-corrected chi connectivity index (χ4v) is 2.69. The number of anilines is 1. The molecule has 0 spiro atoms. The number of aliphatic hydroxyl groups excluding tert-OH is 1. The van der Waals surface area contributed by atoms with Gasteiger partial charge in [0.05, 0.1) is 17.1 Å². The predicted octanol–water partition coefficient (Wildman–Crippen LogP) is 2.17. The zero-order valence-electron chi connectivity index (χ0n) is 14.0. The Morgan fingerprint density at radius 3 is 2.46 bits per heavy atom. The average Bonchev–Trinajstić information content (AvgIpc) is 2.90. The van der Waals surface area contributed by atoms with Gasteiger partial charge in [-0.15, -0.1) is 0 Å². The SMILES string of the molecule is C=C(C)CNc1c(CO)c(C(F)(F)F)nn1-c1ccc(S(C)(=O)=O)cn1. The molecule has 0 aromatic carbocycles. The maximum atomic E-state index is 13.2. The molecule has 142 valence electrons. The van der Waals surface area contributed by atoms with Gasteiger partial charge >= 0.3 is 6.18 Å². The largest absolute Gasteiger partial charge is 0.435 e. The average molecular weight is 390 g/mol. The van der Waals surface area contributed by atoms with E-state index >= 15 is 0 Å². The summed E-state index contributed by atoms with van der Waals surface area (Å²) in [7, 11) is -3.50. The molecule has 0 saturated carbocycles. The lowest BCUT2D eigenvalue weighted by Gasteiger charge is -2.11. The Bertz CT molecular complexity index is 919. The van der Waals surface area contributed by atoms with E-state index in [9.17, 15) is 26.7 Å². The maximum Gasteiger partial charge on any atom is 0.435 e. The third-order valence-electron chi connectivity index (χ3n) is 3.33. The van der Waals surface area contributed by atoms with E-state index in [0.29, 0.717) is 5.57 Å². The third kappa shape index (κ3) is 4.22. The summed E-state index contributed by atoms with van der Waals surface area (Å²) < 4.78 is 63.6. The van der Waals surface area contributed by atoms with Crippen molar-refractivity contribution in [2.45, 2.75) is 24.6 Å². The van der Waals surface area contributed by atoms with E-state index < -0.39 is 33.9 Å². The Morgan fingerprint density at radius 2 is 2.04 bits per heavy atom. The van der Waals surface area contributed by atoms with Crippen molar-refractivity contribution < 1.29 is 26.7 Å². The molecule has 0 radical (unpaired) electrons. The van der Waals surface area contributed by atoms with Crippen molar-refractivity contribution in [3.63, 3.8) is 0 Å². The van der Waals surface area contributed by atoms with Crippen LogP contribution in [0.25, 0.3) is 5.82 Å². The van der Waals surface area contributed by atoms with Crippen molar-refractivity contribution in [2.75, 3.05) is 18.1 Å². The van der Waals surface area contributed by atoms with Crippen LogP contribution in [0.5, 0.6) is 0 Å². The number of aromatic nitrogens is 3. The maximum absolute atomic E-state index is 13.2. The van der Waals surface area contributed by atoms with E-state index in [1.165, 1.54) is 12.1 Å². The summed E-state index contributed by atoms with van der Waals surface area (Å²) >= 11 is 0. The van der Waals surface area contributed by atoms with Crippen LogP contribution in [0.3, 0.4) is 0 Å². The minimum atomic E-state index is -4.78. The van der Waals surface area contributed by atoms with E-state index in [2.05, 4.69) is 22.0 Å². The highest BCUT2D eigenvalue weighted by Gasteiger charge is 2.39.